The third-order valence-electron chi connectivity index (χ3n) is 2.14. The van der Waals surface area contributed by atoms with E-state index in [9.17, 15) is 8.42 Å². The number of hydrogen-bond acceptors (Lipinski definition) is 2. The second kappa shape index (κ2) is 5.09. The van der Waals surface area contributed by atoms with Crippen LogP contribution in [0.15, 0.2) is 28.7 Å². The van der Waals surface area contributed by atoms with E-state index in [-0.39, 0.29) is 5.75 Å². The third kappa shape index (κ3) is 3.59. The molecule has 0 N–H and O–H groups in total. The molecule has 0 saturated heterocycles. The van der Waals surface area contributed by atoms with Crippen LogP contribution in [0.25, 0.3) is 0 Å². The summed E-state index contributed by atoms with van der Waals surface area (Å²) in [5.41, 5.74) is 1.02. The van der Waals surface area contributed by atoms with E-state index in [0.717, 1.165) is 10.0 Å². The van der Waals surface area contributed by atoms with E-state index in [2.05, 4.69) is 15.9 Å². The van der Waals surface area contributed by atoms with Gasteiger partial charge in [0.1, 0.15) is 0 Å². The van der Waals surface area contributed by atoms with Crippen LogP contribution in [0.1, 0.15) is 5.56 Å². The van der Waals surface area contributed by atoms with Crippen LogP contribution in [-0.2, 0) is 16.4 Å². The maximum Gasteiger partial charge on any atom is 0.213 e. The Morgan fingerprint density at radius 3 is 2.40 bits per heavy atom. The zero-order valence-electron chi connectivity index (χ0n) is 8.77. The fourth-order valence-corrected chi connectivity index (χ4v) is 2.45. The van der Waals surface area contributed by atoms with Crippen molar-refractivity contribution in [2.75, 3.05) is 19.8 Å². The molecule has 0 aliphatic heterocycles. The predicted molar refractivity (Wildman–Crippen MR) is 65.3 cm³/mol. The molecule has 0 radical (unpaired) electrons. The lowest BCUT2D eigenvalue weighted by molar-refractivity contribution is 0.520. The van der Waals surface area contributed by atoms with E-state index >= 15 is 0 Å². The van der Waals surface area contributed by atoms with Crippen molar-refractivity contribution in [3.63, 3.8) is 0 Å². The van der Waals surface area contributed by atoms with Gasteiger partial charge in [-0.05, 0) is 18.1 Å². The lowest BCUT2D eigenvalue weighted by Crippen LogP contribution is -2.26. The summed E-state index contributed by atoms with van der Waals surface area (Å²) < 4.78 is 25.3. The molecule has 1 aromatic carbocycles. The molecule has 5 heteroatoms. The van der Waals surface area contributed by atoms with E-state index in [1.54, 1.807) is 14.1 Å². The largest absolute Gasteiger partial charge is 0.213 e. The average molecular weight is 292 g/mol. The zero-order chi connectivity index (χ0) is 11.5. The highest BCUT2D eigenvalue weighted by Gasteiger charge is 2.13. The fraction of sp³-hybridized carbons (Fsp3) is 0.400. The molecule has 0 aliphatic carbocycles. The summed E-state index contributed by atoms with van der Waals surface area (Å²) in [6.07, 6.45) is 0.530. The number of halogens is 1. The monoisotopic (exact) mass is 291 g/mol. The highest BCUT2D eigenvalue weighted by molar-refractivity contribution is 9.10. The Bertz CT molecular complexity index is 429. The minimum atomic E-state index is -3.10. The van der Waals surface area contributed by atoms with Crippen molar-refractivity contribution in [1.82, 2.24) is 4.31 Å². The van der Waals surface area contributed by atoms with Crippen LogP contribution < -0.4 is 0 Å². The topological polar surface area (TPSA) is 37.4 Å². The summed E-state index contributed by atoms with van der Waals surface area (Å²) in [6.45, 7) is 0. The first kappa shape index (κ1) is 12.7. The summed E-state index contributed by atoms with van der Waals surface area (Å²) in [7, 11) is 0.00128. The van der Waals surface area contributed by atoms with E-state index in [4.69, 9.17) is 0 Å². The number of rotatable bonds is 4. The molecule has 0 saturated carbocycles. The van der Waals surface area contributed by atoms with Crippen LogP contribution in [0.4, 0.5) is 0 Å². The Kier molecular flexibility index (Phi) is 4.31. The maximum absolute atomic E-state index is 11.5. The average Bonchev–Trinajstić information content (AvgIpc) is 2.16. The molecule has 3 nitrogen and oxygen atoms in total. The molecule has 84 valence electrons. The highest BCUT2D eigenvalue weighted by Crippen LogP contribution is 2.17. The summed E-state index contributed by atoms with van der Waals surface area (Å²) in [4.78, 5) is 0. The Morgan fingerprint density at radius 2 is 1.87 bits per heavy atom. The van der Waals surface area contributed by atoms with Gasteiger partial charge >= 0.3 is 0 Å². The van der Waals surface area contributed by atoms with Crippen molar-refractivity contribution in [3.05, 3.63) is 34.3 Å². The van der Waals surface area contributed by atoms with Crippen LogP contribution in [0.5, 0.6) is 0 Å². The number of hydrogen-bond donors (Lipinski definition) is 0. The first-order valence-electron chi connectivity index (χ1n) is 4.57. The molecule has 0 aliphatic rings. The van der Waals surface area contributed by atoms with Crippen LogP contribution in [-0.4, -0.2) is 32.6 Å². The van der Waals surface area contributed by atoms with Crippen LogP contribution >= 0.6 is 15.9 Å². The van der Waals surface area contributed by atoms with E-state index in [0.29, 0.717) is 6.42 Å². The van der Waals surface area contributed by atoms with Crippen molar-refractivity contribution < 1.29 is 8.42 Å². The Balaban J connectivity index is 2.70. The van der Waals surface area contributed by atoms with Crippen molar-refractivity contribution >= 4 is 26.0 Å². The number of nitrogens with zero attached hydrogens (tertiary/aromatic N) is 1. The molecule has 1 rings (SSSR count). The number of sulfonamides is 1. The van der Waals surface area contributed by atoms with Crippen LogP contribution in [0.3, 0.4) is 0 Å². The van der Waals surface area contributed by atoms with Crippen molar-refractivity contribution in [2.24, 2.45) is 0 Å². The molecule has 0 aromatic heterocycles. The Hall–Kier alpha value is -0.390. The number of aryl methyl sites for hydroxylation is 1. The van der Waals surface area contributed by atoms with Gasteiger partial charge in [0.2, 0.25) is 10.0 Å². The van der Waals surface area contributed by atoms with Gasteiger partial charge in [-0.15, -0.1) is 0 Å². The zero-order valence-corrected chi connectivity index (χ0v) is 11.2. The normalized spacial score (nSPS) is 12.0. The van der Waals surface area contributed by atoms with Crippen molar-refractivity contribution in [2.45, 2.75) is 6.42 Å². The molecule has 0 atom stereocenters. The van der Waals surface area contributed by atoms with Gasteiger partial charge in [-0.2, -0.15) is 0 Å². The molecule has 0 fully saturated rings. The van der Waals surface area contributed by atoms with E-state index in [1.165, 1.54) is 4.31 Å². The molecule has 0 unspecified atom stereocenters. The van der Waals surface area contributed by atoms with Gasteiger partial charge in [-0.1, -0.05) is 34.1 Å². The van der Waals surface area contributed by atoms with Crippen LogP contribution in [0.2, 0.25) is 0 Å². The van der Waals surface area contributed by atoms with Gasteiger partial charge in [-0.25, -0.2) is 12.7 Å². The SMILES string of the molecule is CN(C)S(=O)(=O)CCc1ccccc1Br. The summed E-state index contributed by atoms with van der Waals surface area (Å²) >= 11 is 3.39. The molecule has 0 bridgehead atoms. The van der Waals surface area contributed by atoms with Gasteiger partial charge in [0, 0.05) is 18.6 Å². The molecule has 0 spiro atoms. The lowest BCUT2D eigenvalue weighted by atomic mass is 10.2. The van der Waals surface area contributed by atoms with E-state index < -0.39 is 10.0 Å². The second-order valence-electron chi connectivity index (χ2n) is 3.44. The second-order valence-corrected chi connectivity index (χ2v) is 6.60. The van der Waals surface area contributed by atoms with Crippen LogP contribution in [0, 0.1) is 0 Å². The minimum Gasteiger partial charge on any atom is -0.212 e. The van der Waals surface area contributed by atoms with E-state index in [1.807, 2.05) is 24.3 Å². The van der Waals surface area contributed by atoms with Crippen molar-refractivity contribution in [3.8, 4) is 0 Å². The van der Waals surface area contributed by atoms with Gasteiger partial charge in [0.05, 0.1) is 5.75 Å². The smallest absolute Gasteiger partial charge is 0.212 e. The fourth-order valence-electron chi connectivity index (χ4n) is 1.12. The highest BCUT2D eigenvalue weighted by atomic mass is 79.9. The minimum absolute atomic E-state index is 0.141. The maximum atomic E-state index is 11.5. The predicted octanol–water partition coefficient (Wildman–Crippen LogP) is 1.88. The van der Waals surface area contributed by atoms with Gasteiger partial charge in [0.15, 0.2) is 0 Å². The standard InChI is InChI=1S/C10H14BrNO2S/c1-12(2)15(13,14)8-7-9-5-3-4-6-10(9)11/h3-6H,7-8H2,1-2H3. The van der Waals surface area contributed by atoms with Gasteiger partial charge in [-0.3, -0.25) is 0 Å². The summed E-state index contributed by atoms with van der Waals surface area (Å²) in [5.74, 6) is 0.141. The Morgan fingerprint density at radius 1 is 1.27 bits per heavy atom. The Labute approximate surface area is 99.3 Å². The molecule has 0 amide bonds. The van der Waals surface area contributed by atoms with Gasteiger partial charge in [0.25, 0.3) is 0 Å². The molecular weight excluding hydrogens is 278 g/mol. The number of benzene rings is 1. The van der Waals surface area contributed by atoms with Crippen molar-refractivity contribution in [1.29, 1.82) is 0 Å². The molecule has 1 aromatic rings. The molecule has 0 heterocycles. The lowest BCUT2D eigenvalue weighted by Gasteiger charge is -2.11. The third-order valence-corrected chi connectivity index (χ3v) is 4.75. The van der Waals surface area contributed by atoms with Gasteiger partial charge < -0.3 is 0 Å². The summed E-state index contributed by atoms with van der Waals surface area (Å²) in [5, 5.41) is 0. The quantitative estimate of drug-likeness (QED) is 0.849. The summed E-state index contributed by atoms with van der Waals surface area (Å²) in [6, 6.07) is 7.66. The molecule has 15 heavy (non-hydrogen) atoms. The first-order chi connectivity index (χ1) is 6.93. The molecular formula is C10H14BrNO2S. The first-order valence-corrected chi connectivity index (χ1v) is 6.97.